The molecular formula is C15H26O2. The first-order chi connectivity index (χ1) is 7.86. The maximum Gasteiger partial charge on any atom is 0.0721 e. The Kier molecular flexibility index (Phi) is 2.45. The Labute approximate surface area is 105 Å². The summed E-state index contributed by atoms with van der Waals surface area (Å²) >= 11 is 0. The topological polar surface area (TPSA) is 29.5 Å². The van der Waals surface area contributed by atoms with Gasteiger partial charge in [-0.3, -0.25) is 0 Å². The van der Waals surface area contributed by atoms with Crippen LogP contribution < -0.4 is 0 Å². The molecule has 4 saturated carbocycles. The average molecular weight is 238 g/mol. The van der Waals surface area contributed by atoms with Crippen LogP contribution in [0, 0.1) is 11.3 Å². The van der Waals surface area contributed by atoms with Crippen molar-refractivity contribution in [2.24, 2.45) is 11.3 Å². The van der Waals surface area contributed by atoms with E-state index in [1.165, 1.54) is 19.3 Å². The van der Waals surface area contributed by atoms with Gasteiger partial charge in [-0.1, -0.05) is 13.8 Å². The van der Waals surface area contributed by atoms with Gasteiger partial charge in [-0.25, -0.2) is 0 Å². The van der Waals surface area contributed by atoms with Gasteiger partial charge in [0.25, 0.3) is 0 Å². The Hall–Kier alpha value is -0.0800. The fourth-order valence-electron chi connectivity index (χ4n) is 5.41. The van der Waals surface area contributed by atoms with Crippen molar-refractivity contribution >= 4 is 0 Å². The summed E-state index contributed by atoms with van der Waals surface area (Å²) in [6, 6.07) is 0. The molecule has 5 atom stereocenters. The highest BCUT2D eigenvalue weighted by atomic mass is 16.5. The second-order valence-corrected chi connectivity index (χ2v) is 7.56. The average Bonchev–Trinajstić information content (AvgIpc) is 2.10. The molecule has 4 aliphatic rings. The molecule has 17 heavy (non-hydrogen) atoms. The van der Waals surface area contributed by atoms with Gasteiger partial charge in [-0.05, 0) is 56.8 Å². The van der Waals surface area contributed by atoms with Crippen molar-refractivity contribution in [2.75, 3.05) is 0 Å². The van der Waals surface area contributed by atoms with Crippen LogP contribution in [0.25, 0.3) is 0 Å². The molecule has 0 heterocycles. The summed E-state index contributed by atoms with van der Waals surface area (Å²) in [5.41, 5.74) is -0.0817. The molecule has 5 unspecified atom stereocenters. The zero-order chi connectivity index (χ0) is 12.3. The molecule has 0 amide bonds. The van der Waals surface area contributed by atoms with Gasteiger partial charge in [-0.15, -0.1) is 0 Å². The van der Waals surface area contributed by atoms with Crippen LogP contribution in [0.1, 0.15) is 65.7 Å². The van der Waals surface area contributed by atoms with Crippen molar-refractivity contribution in [3.63, 3.8) is 0 Å². The van der Waals surface area contributed by atoms with E-state index >= 15 is 0 Å². The van der Waals surface area contributed by atoms with Gasteiger partial charge in [-0.2, -0.15) is 0 Å². The van der Waals surface area contributed by atoms with E-state index in [1.54, 1.807) is 0 Å². The largest absolute Gasteiger partial charge is 0.390 e. The molecule has 1 N–H and O–H groups in total. The van der Waals surface area contributed by atoms with Crippen molar-refractivity contribution in [3.05, 3.63) is 0 Å². The van der Waals surface area contributed by atoms with Crippen LogP contribution in [0.3, 0.4) is 0 Å². The van der Waals surface area contributed by atoms with Gasteiger partial charge in [0, 0.05) is 6.42 Å². The second-order valence-electron chi connectivity index (χ2n) is 7.56. The lowest BCUT2D eigenvalue weighted by molar-refractivity contribution is -0.254. The summed E-state index contributed by atoms with van der Waals surface area (Å²) in [5.74, 6) is 0.699. The van der Waals surface area contributed by atoms with E-state index in [4.69, 9.17) is 4.74 Å². The Balaban J connectivity index is 1.87. The molecular weight excluding hydrogens is 212 g/mol. The summed E-state index contributed by atoms with van der Waals surface area (Å²) in [7, 11) is 0. The molecule has 4 rings (SSSR count). The summed E-state index contributed by atoms with van der Waals surface area (Å²) in [6.07, 6.45) is 7.98. The first kappa shape index (κ1) is 12.0. The Morgan fingerprint density at radius 3 is 2.59 bits per heavy atom. The lowest BCUT2D eigenvalue weighted by atomic mass is 9.47. The van der Waals surface area contributed by atoms with Crippen LogP contribution in [0.15, 0.2) is 0 Å². The smallest absolute Gasteiger partial charge is 0.0721 e. The predicted octanol–water partition coefficient (Wildman–Crippen LogP) is 3.28. The highest BCUT2D eigenvalue weighted by molar-refractivity contribution is 5.14. The fraction of sp³-hybridized carbons (Fsp3) is 1.00. The van der Waals surface area contributed by atoms with Gasteiger partial charge >= 0.3 is 0 Å². The first-order valence-electron chi connectivity index (χ1n) is 7.26. The minimum Gasteiger partial charge on any atom is -0.390 e. The number of ether oxygens (including phenoxy) is 1. The van der Waals surface area contributed by atoms with Crippen molar-refractivity contribution < 1.29 is 9.84 Å². The number of rotatable bonds is 3. The zero-order valence-corrected chi connectivity index (χ0v) is 11.5. The molecule has 0 aromatic rings. The van der Waals surface area contributed by atoms with Gasteiger partial charge < -0.3 is 9.84 Å². The van der Waals surface area contributed by atoms with E-state index in [9.17, 15) is 5.11 Å². The number of hydrogen-bond donors (Lipinski definition) is 1. The van der Waals surface area contributed by atoms with Gasteiger partial charge in [0.2, 0.25) is 0 Å². The Morgan fingerprint density at radius 2 is 2.00 bits per heavy atom. The molecule has 0 aromatic carbocycles. The predicted molar refractivity (Wildman–Crippen MR) is 67.8 cm³/mol. The maximum atomic E-state index is 10.7. The van der Waals surface area contributed by atoms with Crippen LogP contribution in [0.5, 0.6) is 0 Å². The van der Waals surface area contributed by atoms with Crippen LogP contribution >= 0.6 is 0 Å². The Bertz CT molecular complexity index is 307. The highest BCUT2D eigenvalue weighted by Crippen LogP contribution is 2.64. The van der Waals surface area contributed by atoms with Crippen molar-refractivity contribution in [2.45, 2.75) is 83.0 Å². The quantitative estimate of drug-likeness (QED) is 0.817. The standard InChI is InChI=1S/C15H26O2/c1-4-11(2)17-15-7-12-5-13(3,9-15)8-14(16,6-12)10-15/h11-12,16H,4-10H2,1-3H3. The normalized spacial score (nSPS) is 54.0. The summed E-state index contributed by atoms with van der Waals surface area (Å²) in [5, 5.41) is 10.7. The molecule has 0 radical (unpaired) electrons. The lowest BCUT2D eigenvalue weighted by Gasteiger charge is -2.64. The van der Waals surface area contributed by atoms with E-state index in [0.29, 0.717) is 17.4 Å². The Morgan fingerprint density at radius 1 is 1.24 bits per heavy atom. The van der Waals surface area contributed by atoms with Gasteiger partial charge in [0.05, 0.1) is 17.3 Å². The first-order valence-corrected chi connectivity index (χ1v) is 7.26. The number of aliphatic hydroxyl groups is 1. The van der Waals surface area contributed by atoms with Crippen LogP contribution in [0.2, 0.25) is 0 Å². The zero-order valence-electron chi connectivity index (χ0n) is 11.5. The van der Waals surface area contributed by atoms with Crippen molar-refractivity contribution in [1.82, 2.24) is 0 Å². The third-order valence-electron chi connectivity index (χ3n) is 5.29. The molecule has 0 saturated heterocycles. The van der Waals surface area contributed by atoms with Gasteiger partial charge in [0.15, 0.2) is 0 Å². The highest BCUT2D eigenvalue weighted by Gasteiger charge is 2.62. The summed E-state index contributed by atoms with van der Waals surface area (Å²) in [6.45, 7) is 6.71. The van der Waals surface area contributed by atoms with Crippen LogP contribution in [-0.4, -0.2) is 22.4 Å². The minimum atomic E-state index is -0.415. The van der Waals surface area contributed by atoms with Crippen molar-refractivity contribution in [3.8, 4) is 0 Å². The molecule has 2 nitrogen and oxygen atoms in total. The van der Waals surface area contributed by atoms with E-state index in [0.717, 1.165) is 25.7 Å². The monoisotopic (exact) mass is 238 g/mol. The molecule has 0 spiro atoms. The van der Waals surface area contributed by atoms with E-state index < -0.39 is 5.60 Å². The third kappa shape index (κ3) is 1.94. The fourth-order valence-corrected chi connectivity index (χ4v) is 5.41. The summed E-state index contributed by atoms with van der Waals surface area (Å²) in [4.78, 5) is 0. The molecule has 2 heteroatoms. The molecule has 4 aliphatic carbocycles. The molecule has 0 aromatic heterocycles. The molecule has 4 bridgehead atoms. The summed E-state index contributed by atoms with van der Waals surface area (Å²) < 4.78 is 6.37. The lowest BCUT2D eigenvalue weighted by Crippen LogP contribution is -2.63. The third-order valence-corrected chi connectivity index (χ3v) is 5.29. The number of hydrogen-bond acceptors (Lipinski definition) is 2. The molecule has 0 aliphatic heterocycles. The second kappa shape index (κ2) is 3.48. The molecule has 98 valence electrons. The maximum absolute atomic E-state index is 10.7. The van der Waals surface area contributed by atoms with Crippen LogP contribution in [0.4, 0.5) is 0 Å². The van der Waals surface area contributed by atoms with E-state index in [1.807, 2.05) is 0 Å². The van der Waals surface area contributed by atoms with Crippen LogP contribution in [-0.2, 0) is 4.74 Å². The SMILES string of the molecule is CCC(C)OC12CC3CC(C)(CC(O)(C3)C1)C2. The van der Waals surface area contributed by atoms with Gasteiger partial charge in [0.1, 0.15) is 0 Å². The van der Waals surface area contributed by atoms with E-state index in [2.05, 4.69) is 20.8 Å². The van der Waals surface area contributed by atoms with Crippen molar-refractivity contribution in [1.29, 1.82) is 0 Å². The van der Waals surface area contributed by atoms with E-state index in [-0.39, 0.29) is 5.60 Å². The minimum absolute atomic E-state index is 0.00164. The molecule has 4 fully saturated rings.